The molecule has 7 nitrogen and oxygen atoms in total. The van der Waals surface area contributed by atoms with E-state index in [1.807, 2.05) is 25.2 Å². The van der Waals surface area contributed by atoms with Gasteiger partial charge in [0.15, 0.2) is 0 Å². The zero-order chi connectivity index (χ0) is 19.9. The van der Waals surface area contributed by atoms with Gasteiger partial charge in [0.05, 0.1) is 6.67 Å². The van der Waals surface area contributed by atoms with E-state index in [1.165, 1.54) is 10.5 Å². The number of aryl methyl sites for hydroxylation is 1. The molecule has 3 fully saturated rings. The molecule has 152 valence electrons. The minimum atomic E-state index is -0.691. The van der Waals surface area contributed by atoms with Gasteiger partial charge in [0, 0.05) is 50.0 Å². The van der Waals surface area contributed by atoms with Crippen molar-refractivity contribution in [3.63, 3.8) is 0 Å². The Kier molecular flexibility index (Phi) is 5.24. The number of piperidine rings is 1. The maximum absolute atomic E-state index is 13.0. The molecule has 0 aliphatic carbocycles. The summed E-state index contributed by atoms with van der Waals surface area (Å²) in [5.41, 5.74) is 1.67. The predicted molar refractivity (Wildman–Crippen MR) is 110 cm³/mol. The number of nitrogens with zero attached hydrogens (tertiary/aromatic N) is 4. The molecule has 1 aromatic carbocycles. The number of imide groups is 1. The van der Waals surface area contributed by atoms with E-state index in [9.17, 15) is 9.59 Å². The van der Waals surface area contributed by atoms with Gasteiger partial charge in [-0.1, -0.05) is 17.7 Å². The SMILES string of the molecule is Cc1ccc(Cl)cc1N1CCN(CN2C(=O)NC3(CCN(C)CC3)C2=O)CC1. The molecule has 0 aromatic heterocycles. The largest absolute Gasteiger partial charge is 0.369 e. The lowest BCUT2D eigenvalue weighted by atomic mass is 9.88. The number of hydrogen-bond donors (Lipinski definition) is 1. The summed E-state index contributed by atoms with van der Waals surface area (Å²) in [5.74, 6) is -0.0567. The van der Waals surface area contributed by atoms with Crippen LogP contribution in [0.5, 0.6) is 0 Å². The molecule has 0 saturated carbocycles. The summed E-state index contributed by atoms with van der Waals surface area (Å²) in [6, 6.07) is 5.71. The molecular formula is C20H28ClN5O2. The van der Waals surface area contributed by atoms with Crippen LogP contribution in [0.25, 0.3) is 0 Å². The van der Waals surface area contributed by atoms with Crippen LogP contribution in [-0.2, 0) is 4.79 Å². The summed E-state index contributed by atoms with van der Waals surface area (Å²) >= 11 is 6.16. The van der Waals surface area contributed by atoms with Gasteiger partial charge in [-0.15, -0.1) is 0 Å². The van der Waals surface area contributed by atoms with Crippen molar-refractivity contribution in [2.45, 2.75) is 25.3 Å². The predicted octanol–water partition coefficient (Wildman–Crippen LogP) is 1.74. The number of nitrogens with one attached hydrogen (secondary N) is 1. The van der Waals surface area contributed by atoms with Crippen molar-refractivity contribution in [2.24, 2.45) is 0 Å². The van der Waals surface area contributed by atoms with Gasteiger partial charge in [-0.05, 0) is 44.5 Å². The second kappa shape index (κ2) is 7.54. The molecule has 28 heavy (non-hydrogen) atoms. The number of amides is 3. The lowest BCUT2D eigenvalue weighted by Gasteiger charge is -2.38. The molecule has 0 bridgehead atoms. The molecule has 1 aromatic rings. The van der Waals surface area contributed by atoms with Crippen LogP contribution in [0.3, 0.4) is 0 Å². The van der Waals surface area contributed by atoms with Crippen LogP contribution in [0.2, 0.25) is 5.02 Å². The average Bonchev–Trinajstić information content (AvgIpc) is 2.91. The number of urea groups is 1. The number of rotatable bonds is 3. The van der Waals surface area contributed by atoms with Crippen molar-refractivity contribution in [3.05, 3.63) is 28.8 Å². The molecule has 8 heteroatoms. The molecule has 3 heterocycles. The molecule has 3 aliphatic rings. The smallest absolute Gasteiger partial charge is 0.326 e. The highest BCUT2D eigenvalue weighted by atomic mass is 35.5. The van der Waals surface area contributed by atoms with Crippen molar-refractivity contribution in [1.29, 1.82) is 0 Å². The molecule has 3 aliphatic heterocycles. The second-order valence-corrected chi connectivity index (χ2v) is 8.66. The molecule has 1 N–H and O–H groups in total. The molecule has 0 radical (unpaired) electrons. The fourth-order valence-corrected chi connectivity index (χ4v) is 4.56. The van der Waals surface area contributed by atoms with Crippen molar-refractivity contribution < 1.29 is 9.59 Å². The maximum Gasteiger partial charge on any atom is 0.326 e. The van der Waals surface area contributed by atoms with Gasteiger partial charge in [0.1, 0.15) is 5.54 Å². The highest BCUT2D eigenvalue weighted by Crippen LogP contribution is 2.30. The van der Waals surface area contributed by atoms with E-state index in [1.54, 1.807) is 0 Å². The van der Waals surface area contributed by atoms with E-state index in [-0.39, 0.29) is 11.9 Å². The Morgan fingerprint density at radius 2 is 1.75 bits per heavy atom. The summed E-state index contributed by atoms with van der Waals surface area (Å²) in [5, 5.41) is 3.73. The van der Waals surface area contributed by atoms with Gasteiger partial charge >= 0.3 is 6.03 Å². The number of hydrogen-bond acceptors (Lipinski definition) is 5. The van der Waals surface area contributed by atoms with Crippen molar-refractivity contribution in [3.8, 4) is 0 Å². The summed E-state index contributed by atoms with van der Waals surface area (Å²) in [7, 11) is 2.05. The van der Waals surface area contributed by atoms with Crippen LogP contribution in [0, 0.1) is 6.92 Å². The van der Waals surface area contributed by atoms with Crippen LogP contribution in [0.1, 0.15) is 18.4 Å². The molecule has 4 rings (SSSR count). The molecule has 1 spiro atoms. The number of likely N-dealkylation sites (tertiary alicyclic amines) is 1. The van der Waals surface area contributed by atoms with Gasteiger partial charge in [-0.25, -0.2) is 9.69 Å². The van der Waals surface area contributed by atoms with Gasteiger partial charge < -0.3 is 15.1 Å². The third kappa shape index (κ3) is 3.58. The molecular weight excluding hydrogens is 378 g/mol. The monoisotopic (exact) mass is 405 g/mol. The summed E-state index contributed by atoms with van der Waals surface area (Å²) in [6.45, 7) is 7.42. The fraction of sp³-hybridized carbons (Fsp3) is 0.600. The minimum Gasteiger partial charge on any atom is -0.369 e. The van der Waals surface area contributed by atoms with Gasteiger partial charge in [-0.3, -0.25) is 9.69 Å². The zero-order valence-corrected chi connectivity index (χ0v) is 17.3. The number of benzene rings is 1. The lowest BCUT2D eigenvalue weighted by Crippen LogP contribution is -2.55. The van der Waals surface area contributed by atoms with Crippen molar-refractivity contribution >= 4 is 29.2 Å². The normalized spacial score (nSPS) is 23.5. The van der Waals surface area contributed by atoms with E-state index in [4.69, 9.17) is 11.6 Å². The van der Waals surface area contributed by atoms with Crippen LogP contribution in [-0.4, -0.2) is 85.2 Å². The standard InChI is InChI=1S/C20H28ClN5O2/c1-15-3-4-16(21)13-17(15)25-11-9-24(10-12-25)14-26-18(27)20(22-19(26)28)5-7-23(2)8-6-20/h3-4,13H,5-12,14H2,1-2H3,(H,22,28). The van der Waals surface area contributed by atoms with E-state index in [2.05, 4.69) is 26.9 Å². The van der Waals surface area contributed by atoms with Gasteiger partial charge in [0.25, 0.3) is 5.91 Å². The topological polar surface area (TPSA) is 59.1 Å². The van der Waals surface area contributed by atoms with Gasteiger partial charge in [-0.2, -0.15) is 0 Å². The van der Waals surface area contributed by atoms with Gasteiger partial charge in [0.2, 0.25) is 0 Å². The number of halogens is 1. The van der Waals surface area contributed by atoms with Crippen LogP contribution < -0.4 is 10.2 Å². The van der Waals surface area contributed by atoms with E-state index < -0.39 is 5.54 Å². The molecule has 3 amide bonds. The van der Waals surface area contributed by atoms with E-state index in [0.29, 0.717) is 19.5 Å². The Bertz CT molecular complexity index is 770. The molecule has 3 saturated heterocycles. The fourth-order valence-electron chi connectivity index (χ4n) is 4.40. The van der Waals surface area contributed by atoms with Crippen molar-refractivity contribution in [1.82, 2.24) is 20.0 Å². The first-order valence-corrected chi connectivity index (χ1v) is 10.3. The summed E-state index contributed by atoms with van der Waals surface area (Å²) in [4.78, 5) is 33.6. The first kappa shape index (κ1) is 19.5. The molecule has 0 unspecified atom stereocenters. The second-order valence-electron chi connectivity index (χ2n) is 8.23. The Labute approximate surface area is 171 Å². The number of anilines is 1. The number of carbonyl (C=O) groups is 2. The van der Waals surface area contributed by atoms with Crippen LogP contribution in [0.4, 0.5) is 10.5 Å². The highest BCUT2D eigenvalue weighted by Gasteiger charge is 2.52. The maximum atomic E-state index is 13.0. The third-order valence-corrected chi connectivity index (χ3v) is 6.55. The first-order valence-electron chi connectivity index (χ1n) is 9.94. The van der Waals surface area contributed by atoms with Crippen LogP contribution >= 0.6 is 11.6 Å². The third-order valence-electron chi connectivity index (χ3n) is 6.31. The lowest BCUT2D eigenvalue weighted by molar-refractivity contribution is -0.134. The van der Waals surface area contributed by atoms with E-state index in [0.717, 1.165) is 50.0 Å². The Morgan fingerprint density at radius 1 is 1.07 bits per heavy atom. The van der Waals surface area contributed by atoms with E-state index >= 15 is 0 Å². The van der Waals surface area contributed by atoms with Crippen LogP contribution in [0.15, 0.2) is 18.2 Å². The van der Waals surface area contributed by atoms with Crippen molar-refractivity contribution in [2.75, 3.05) is 57.9 Å². The summed E-state index contributed by atoms with van der Waals surface area (Å²) in [6.07, 6.45) is 1.37. The summed E-state index contributed by atoms with van der Waals surface area (Å²) < 4.78 is 0. The Hall–Kier alpha value is -1.83. The number of carbonyl (C=O) groups excluding carboxylic acids is 2. The Balaban J connectivity index is 1.36. The quantitative estimate of drug-likeness (QED) is 0.776. The Morgan fingerprint density at radius 3 is 2.43 bits per heavy atom. The first-order chi connectivity index (χ1) is 13.4. The zero-order valence-electron chi connectivity index (χ0n) is 16.6. The minimum absolute atomic E-state index is 0.0567. The average molecular weight is 406 g/mol. The number of piperazine rings is 1. The highest BCUT2D eigenvalue weighted by molar-refractivity contribution is 6.30. The molecule has 0 atom stereocenters.